The number of halogens is 1. The van der Waals surface area contributed by atoms with E-state index in [1.807, 2.05) is 30.3 Å². The molecule has 5 rings (SSSR count). The highest BCUT2D eigenvalue weighted by atomic mass is 79.9. The maximum absolute atomic E-state index is 5.13. The molecule has 0 atom stereocenters. The Balaban J connectivity index is 1.88. The van der Waals surface area contributed by atoms with Gasteiger partial charge in [0.25, 0.3) is 0 Å². The van der Waals surface area contributed by atoms with E-state index in [9.17, 15) is 0 Å². The van der Waals surface area contributed by atoms with Crippen molar-refractivity contribution in [3.8, 4) is 39.3 Å². The minimum Gasteiger partial charge on any atom is -0.232 e. The van der Waals surface area contributed by atoms with Crippen molar-refractivity contribution in [2.24, 2.45) is 0 Å². The highest BCUT2D eigenvalue weighted by Gasteiger charge is 2.22. The molecule has 0 bridgehead atoms. The molecule has 4 aromatic carbocycles. The third kappa shape index (κ3) is 3.49. The molecule has 0 unspecified atom stereocenters. The highest BCUT2D eigenvalue weighted by molar-refractivity contribution is 9.10. The summed E-state index contributed by atoms with van der Waals surface area (Å²) in [6, 6.07) is 39.7. The van der Waals surface area contributed by atoms with E-state index in [1.54, 1.807) is 0 Å². The van der Waals surface area contributed by atoms with E-state index in [-0.39, 0.29) is 0 Å². The molecule has 0 N–H and O–H groups in total. The van der Waals surface area contributed by atoms with Gasteiger partial charge in [0.2, 0.25) is 0 Å². The molecule has 30 heavy (non-hydrogen) atoms. The first-order valence-corrected chi connectivity index (χ1v) is 10.7. The minimum absolute atomic E-state index is 0.969. The number of nitrogens with zero attached hydrogens (tertiary/aromatic N) is 2. The summed E-state index contributed by atoms with van der Waals surface area (Å²) in [7, 11) is 0. The van der Waals surface area contributed by atoms with Gasteiger partial charge < -0.3 is 0 Å². The number of aromatic nitrogens is 2. The molecule has 0 fully saturated rings. The van der Waals surface area contributed by atoms with Crippen LogP contribution in [0.3, 0.4) is 0 Å². The predicted molar refractivity (Wildman–Crippen MR) is 128 cm³/mol. The van der Waals surface area contributed by atoms with Gasteiger partial charge in [0, 0.05) is 21.2 Å². The Morgan fingerprint density at radius 3 is 1.67 bits per heavy atom. The standard InChI is InChI=1S/C27H19BrN2/c28-23-18-16-21(17-19-23)26-25(20-10-4-1-5-11-20)27(22-12-6-2-7-13-22)30(29-26)24-14-8-3-9-15-24/h1-19H. The molecule has 0 saturated carbocycles. The van der Waals surface area contributed by atoms with Crippen LogP contribution in [0.2, 0.25) is 0 Å². The van der Waals surface area contributed by atoms with Gasteiger partial charge in [0.1, 0.15) is 5.69 Å². The van der Waals surface area contributed by atoms with Crippen molar-refractivity contribution in [3.05, 3.63) is 120 Å². The van der Waals surface area contributed by atoms with E-state index in [0.29, 0.717) is 0 Å². The van der Waals surface area contributed by atoms with Crippen LogP contribution in [0.1, 0.15) is 0 Å². The lowest BCUT2D eigenvalue weighted by molar-refractivity contribution is 0.892. The van der Waals surface area contributed by atoms with Gasteiger partial charge in [-0.3, -0.25) is 0 Å². The summed E-state index contributed by atoms with van der Waals surface area (Å²) in [6.07, 6.45) is 0. The molecule has 0 aliphatic heterocycles. The second-order valence-electron chi connectivity index (χ2n) is 7.06. The van der Waals surface area contributed by atoms with Crippen molar-refractivity contribution in [2.45, 2.75) is 0 Å². The van der Waals surface area contributed by atoms with E-state index in [4.69, 9.17) is 5.10 Å². The fraction of sp³-hybridized carbons (Fsp3) is 0. The lowest BCUT2D eigenvalue weighted by Crippen LogP contribution is -1.99. The maximum atomic E-state index is 5.13. The fourth-order valence-electron chi connectivity index (χ4n) is 3.72. The van der Waals surface area contributed by atoms with E-state index >= 15 is 0 Å². The van der Waals surface area contributed by atoms with Gasteiger partial charge in [-0.2, -0.15) is 5.10 Å². The predicted octanol–water partition coefficient (Wildman–Crippen LogP) is 7.64. The van der Waals surface area contributed by atoms with Crippen molar-refractivity contribution in [2.75, 3.05) is 0 Å². The third-order valence-electron chi connectivity index (χ3n) is 5.11. The molecule has 0 aliphatic rings. The van der Waals surface area contributed by atoms with E-state index in [0.717, 1.165) is 43.8 Å². The average molecular weight is 451 g/mol. The highest BCUT2D eigenvalue weighted by Crippen LogP contribution is 2.41. The molecule has 0 spiro atoms. The van der Waals surface area contributed by atoms with Crippen LogP contribution in [0.25, 0.3) is 39.3 Å². The van der Waals surface area contributed by atoms with Crippen LogP contribution in [0.4, 0.5) is 0 Å². The number of hydrogen-bond donors (Lipinski definition) is 0. The summed E-state index contributed by atoms with van der Waals surface area (Å²) < 4.78 is 3.12. The second-order valence-corrected chi connectivity index (χ2v) is 7.97. The maximum Gasteiger partial charge on any atom is 0.101 e. The smallest absolute Gasteiger partial charge is 0.101 e. The topological polar surface area (TPSA) is 17.8 Å². The number of benzene rings is 4. The summed E-state index contributed by atoms with van der Waals surface area (Å²) in [5, 5.41) is 5.13. The summed E-state index contributed by atoms with van der Waals surface area (Å²) in [5.41, 5.74) is 7.60. The van der Waals surface area contributed by atoms with Crippen molar-refractivity contribution in [3.63, 3.8) is 0 Å². The number of para-hydroxylation sites is 1. The Kier molecular flexibility index (Phi) is 5.04. The fourth-order valence-corrected chi connectivity index (χ4v) is 3.99. The monoisotopic (exact) mass is 450 g/mol. The third-order valence-corrected chi connectivity index (χ3v) is 5.64. The molecule has 144 valence electrons. The first kappa shape index (κ1) is 18.6. The number of rotatable bonds is 4. The summed E-state index contributed by atoms with van der Waals surface area (Å²) in [6.45, 7) is 0. The van der Waals surface area contributed by atoms with Crippen LogP contribution in [-0.2, 0) is 0 Å². The first-order chi connectivity index (χ1) is 14.8. The van der Waals surface area contributed by atoms with Crippen LogP contribution < -0.4 is 0 Å². The molecule has 0 saturated heterocycles. The van der Waals surface area contributed by atoms with E-state index < -0.39 is 0 Å². The van der Waals surface area contributed by atoms with Gasteiger partial charge in [-0.15, -0.1) is 0 Å². The zero-order valence-electron chi connectivity index (χ0n) is 16.2. The first-order valence-electron chi connectivity index (χ1n) is 9.86. The van der Waals surface area contributed by atoms with Crippen LogP contribution in [-0.4, -0.2) is 9.78 Å². The molecule has 1 heterocycles. The zero-order valence-corrected chi connectivity index (χ0v) is 17.8. The molecule has 0 amide bonds. The van der Waals surface area contributed by atoms with Gasteiger partial charge in [-0.1, -0.05) is 107 Å². The van der Waals surface area contributed by atoms with Crippen molar-refractivity contribution >= 4 is 15.9 Å². The average Bonchev–Trinajstić information content (AvgIpc) is 3.22. The molecule has 1 aromatic heterocycles. The molecular weight excluding hydrogens is 432 g/mol. The van der Waals surface area contributed by atoms with Crippen LogP contribution in [0.5, 0.6) is 0 Å². The molecule has 0 radical (unpaired) electrons. The zero-order chi connectivity index (χ0) is 20.3. The van der Waals surface area contributed by atoms with Crippen molar-refractivity contribution < 1.29 is 0 Å². The van der Waals surface area contributed by atoms with E-state index in [1.165, 1.54) is 0 Å². The SMILES string of the molecule is Brc1ccc(-c2nn(-c3ccccc3)c(-c3ccccc3)c2-c2ccccc2)cc1. The molecular formula is C27H19BrN2. The van der Waals surface area contributed by atoms with Crippen molar-refractivity contribution in [1.29, 1.82) is 0 Å². The van der Waals surface area contributed by atoms with Crippen LogP contribution in [0.15, 0.2) is 120 Å². The Bertz CT molecular complexity index is 1260. The molecule has 5 aromatic rings. The Labute approximate surface area is 184 Å². The normalized spacial score (nSPS) is 10.8. The quantitative estimate of drug-likeness (QED) is 0.275. The van der Waals surface area contributed by atoms with Crippen LogP contribution >= 0.6 is 15.9 Å². The molecule has 0 aliphatic carbocycles. The lowest BCUT2D eigenvalue weighted by atomic mass is 9.96. The van der Waals surface area contributed by atoms with Crippen molar-refractivity contribution in [1.82, 2.24) is 9.78 Å². The Morgan fingerprint density at radius 2 is 1.07 bits per heavy atom. The summed E-state index contributed by atoms with van der Waals surface area (Å²) >= 11 is 3.55. The Morgan fingerprint density at radius 1 is 0.533 bits per heavy atom. The van der Waals surface area contributed by atoms with Crippen LogP contribution in [0, 0.1) is 0 Å². The summed E-state index contributed by atoms with van der Waals surface area (Å²) in [5.74, 6) is 0. The number of hydrogen-bond acceptors (Lipinski definition) is 1. The minimum atomic E-state index is 0.969. The second kappa shape index (κ2) is 8.13. The van der Waals surface area contributed by atoms with E-state index in [2.05, 4.69) is 106 Å². The molecule has 2 nitrogen and oxygen atoms in total. The van der Waals surface area contributed by atoms with Gasteiger partial charge in [-0.25, -0.2) is 4.68 Å². The van der Waals surface area contributed by atoms with Gasteiger partial charge in [0.05, 0.1) is 11.4 Å². The van der Waals surface area contributed by atoms with Gasteiger partial charge in [-0.05, 0) is 29.8 Å². The Hall–Kier alpha value is -3.43. The lowest BCUT2D eigenvalue weighted by Gasteiger charge is -2.11. The largest absolute Gasteiger partial charge is 0.232 e. The summed E-state index contributed by atoms with van der Waals surface area (Å²) in [4.78, 5) is 0. The molecule has 3 heteroatoms. The van der Waals surface area contributed by atoms with Gasteiger partial charge in [0.15, 0.2) is 0 Å². The van der Waals surface area contributed by atoms with Gasteiger partial charge >= 0.3 is 0 Å².